The number of aromatic hydroxyl groups is 1. The zero-order chi connectivity index (χ0) is 13.2. The minimum absolute atomic E-state index is 0.159. The van der Waals surface area contributed by atoms with Crippen LogP contribution in [-0.2, 0) is 12.8 Å². The van der Waals surface area contributed by atoms with E-state index < -0.39 is 0 Å². The Balaban J connectivity index is 3.48. The first-order valence-electron chi connectivity index (χ1n) is 6.44. The average Bonchev–Trinajstić information content (AvgIpc) is 2.25. The fourth-order valence-corrected chi connectivity index (χ4v) is 2.37. The van der Waals surface area contributed by atoms with Crippen LogP contribution in [0, 0.1) is 13.8 Å². The lowest BCUT2D eigenvalue weighted by Gasteiger charge is -2.21. The van der Waals surface area contributed by atoms with Crippen LogP contribution in [0.25, 0.3) is 0 Å². The molecule has 0 atom stereocenters. The lowest BCUT2D eigenvalue weighted by atomic mass is 9.94. The Morgan fingerprint density at radius 3 is 1.71 bits per heavy atom. The van der Waals surface area contributed by atoms with Gasteiger partial charge < -0.3 is 9.84 Å². The summed E-state index contributed by atoms with van der Waals surface area (Å²) in [6, 6.07) is 0. The van der Waals surface area contributed by atoms with E-state index in [1.807, 2.05) is 27.7 Å². The van der Waals surface area contributed by atoms with Gasteiger partial charge in [0.25, 0.3) is 0 Å². The summed E-state index contributed by atoms with van der Waals surface area (Å²) < 4.78 is 5.90. The first-order chi connectivity index (χ1) is 7.93. The molecular formula is C15H24O2. The summed E-state index contributed by atoms with van der Waals surface area (Å²) in [6.07, 6.45) is 1.82. The molecule has 17 heavy (non-hydrogen) atoms. The van der Waals surface area contributed by atoms with Crippen LogP contribution in [0.4, 0.5) is 0 Å². The van der Waals surface area contributed by atoms with E-state index in [0.717, 1.165) is 40.8 Å². The summed E-state index contributed by atoms with van der Waals surface area (Å²) in [5.41, 5.74) is 4.19. The van der Waals surface area contributed by atoms with Crippen LogP contribution in [0.5, 0.6) is 11.5 Å². The molecule has 0 heterocycles. The van der Waals surface area contributed by atoms with Gasteiger partial charge in [-0.05, 0) is 51.7 Å². The fourth-order valence-electron chi connectivity index (χ4n) is 2.37. The summed E-state index contributed by atoms with van der Waals surface area (Å²) in [6.45, 7) is 12.3. The highest BCUT2D eigenvalue weighted by atomic mass is 16.5. The quantitative estimate of drug-likeness (QED) is 0.858. The van der Waals surface area contributed by atoms with Crippen molar-refractivity contribution < 1.29 is 9.84 Å². The molecule has 1 aromatic carbocycles. The van der Waals surface area contributed by atoms with Gasteiger partial charge in [0.15, 0.2) is 0 Å². The smallest absolute Gasteiger partial charge is 0.126 e. The molecule has 0 aliphatic rings. The Labute approximate surface area is 105 Å². The summed E-state index contributed by atoms with van der Waals surface area (Å²) in [5.74, 6) is 1.41. The Morgan fingerprint density at radius 2 is 1.41 bits per heavy atom. The molecule has 1 aromatic rings. The number of benzene rings is 1. The Bertz CT molecular complexity index is 375. The van der Waals surface area contributed by atoms with Crippen molar-refractivity contribution in [3.8, 4) is 11.5 Å². The van der Waals surface area contributed by atoms with Gasteiger partial charge in [-0.15, -0.1) is 0 Å². The van der Waals surface area contributed by atoms with Gasteiger partial charge in [0.1, 0.15) is 11.5 Å². The lowest BCUT2D eigenvalue weighted by molar-refractivity contribution is 0.238. The molecular weight excluding hydrogens is 212 g/mol. The van der Waals surface area contributed by atoms with Crippen LogP contribution in [0.1, 0.15) is 49.9 Å². The molecule has 1 N–H and O–H groups in total. The van der Waals surface area contributed by atoms with E-state index in [2.05, 4.69) is 13.8 Å². The maximum absolute atomic E-state index is 10.3. The molecule has 1 rings (SSSR count). The van der Waals surface area contributed by atoms with Gasteiger partial charge in [-0.1, -0.05) is 13.8 Å². The second kappa shape index (κ2) is 5.44. The molecule has 0 aromatic heterocycles. The minimum Gasteiger partial charge on any atom is -0.507 e. The van der Waals surface area contributed by atoms with Crippen LogP contribution in [0.2, 0.25) is 0 Å². The van der Waals surface area contributed by atoms with Crippen molar-refractivity contribution in [2.75, 3.05) is 0 Å². The highest BCUT2D eigenvalue weighted by Crippen LogP contribution is 2.38. The Hall–Kier alpha value is -1.18. The standard InChI is InChI=1S/C15H24O2/c1-7-12-10(5)15(17-9(3)4)11(6)13(8-2)14(12)16/h9,16H,7-8H2,1-6H3. The van der Waals surface area contributed by atoms with Crippen LogP contribution >= 0.6 is 0 Å². The molecule has 96 valence electrons. The van der Waals surface area contributed by atoms with Crippen LogP contribution in [-0.4, -0.2) is 11.2 Å². The number of phenolic OH excluding ortho intramolecular Hbond substituents is 1. The van der Waals surface area contributed by atoms with Crippen molar-refractivity contribution in [3.63, 3.8) is 0 Å². The second-order valence-corrected chi connectivity index (χ2v) is 4.76. The van der Waals surface area contributed by atoms with Crippen LogP contribution in [0.3, 0.4) is 0 Å². The summed E-state index contributed by atoms with van der Waals surface area (Å²) in [7, 11) is 0. The number of hydrogen-bond acceptors (Lipinski definition) is 2. The first-order valence-corrected chi connectivity index (χ1v) is 6.44. The van der Waals surface area contributed by atoms with E-state index in [0.29, 0.717) is 5.75 Å². The van der Waals surface area contributed by atoms with Gasteiger partial charge in [-0.3, -0.25) is 0 Å². The maximum Gasteiger partial charge on any atom is 0.126 e. The highest BCUT2D eigenvalue weighted by molar-refractivity contribution is 5.57. The third-order valence-corrected chi connectivity index (χ3v) is 3.22. The number of ether oxygens (including phenoxy) is 1. The molecule has 0 spiro atoms. The topological polar surface area (TPSA) is 29.5 Å². The van der Waals surface area contributed by atoms with Crippen molar-refractivity contribution in [3.05, 3.63) is 22.3 Å². The van der Waals surface area contributed by atoms with Gasteiger partial charge in [-0.25, -0.2) is 0 Å². The van der Waals surface area contributed by atoms with Crippen LogP contribution in [0.15, 0.2) is 0 Å². The third kappa shape index (κ3) is 2.56. The number of rotatable bonds is 4. The first kappa shape index (κ1) is 13.9. The predicted molar refractivity (Wildman–Crippen MR) is 72.1 cm³/mol. The zero-order valence-corrected chi connectivity index (χ0v) is 11.8. The predicted octanol–water partition coefficient (Wildman–Crippen LogP) is 3.92. The van der Waals surface area contributed by atoms with Crippen molar-refractivity contribution in [2.45, 2.75) is 60.5 Å². The van der Waals surface area contributed by atoms with E-state index in [1.165, 1.54) is 0 Å². The molecule has 0 fully saturated rings. The molecule has 0 saturated heterocycles. The molecule has 2 nitrogen and oxygen atoms in total. The molecule has 0 aliphatic carbocycles. The van der Waals surface area contributed by atoms with Gasteiger partial charge in [0.2, 0.25) is 0 Å². The molecule has 0 saturated carbocycles. The van der Waals surface area contributed by atoms with Crippen molar-refractivity contribution in [1.82, 2.24) is 0 Å². The average molecular weight is 236 g/mol. The summed E-state index contributed by atoms with van der Waals surface area (Å²) >= 11 is 0. The van der Waals surface area contributed by atoms with Gasteiger partial charge >= 0.3 is 0 Å². The molecule has 0 aliphatic heterocycles. The number of hydrogen-bond donors (Lipinski definition) is 1. The maximum atomic E-state index is 10.3. The van der Waals surface area contributed by atoms with E-state index >= 15 is 0 Å². The van der Waals surface area contributed by atoms with Crippen molar-refractivity contribution >= 4 is 0 Å². The fraction of sp³-hybridized carbons (Fsp3) is 0.600. The van der Waals surface area contributed by atoms with E-state index in [-0.39, 0.29) is 6.10 Å². The highest BCUT2D eigenvalue weighted by Gasteiger charge is 2.18. The van der Waals surface area contributed by atoms with E-state index in [1.54, 1.807) is 0 Å². The zero-order valence-electron chi connectivity index (χ0n) is 11.8. The normalized spacial score (nSPS) is 11.0. The van der Waals surface area contributed by atoms with Crippen molar-refractivity contribution in [2.24, 2.45) is 0 Å². The lowest BCUT2D eigenvalue weighted by Crippen LogP contribution is -2.10. The van der Waals surface area contributed by atoms with E-state index in [9.17, 15) is 5.11 Å². The largest absolute Gasteiger partial charge is 0.507 e. The van der Waals surface area contributed by atoms with Gasteiger partial charge in [-0.2, -0.15) is 0 Å². The minimum atomic E-state index is 0.159. The summed E-state index contributed by atoms with van der Waals surface area (Å²) in [4.78, 5) is 0. The Morgan fingerprint density at radius 1 is 1.00 bits per heavy atom. The van der Waals surface area contributed by atoms with Gasteiger partial charge in [0, 0.05) is 11.1 Å². The SMILES string of the molecule is CCc1c(C)c(OC(C)C)c(C)c(CC)c1O. The van der Waals surface area contributed by atoms with Crippen LogP contribution < -0.4 is 4.74 Å². The Kier molecular flexibility index (Phi) is 4.44. The number of phenols is 1. The molecule has 0 amide bonds. The van der Waals surface area contributed by atoms with Gasteiger partial charge in [0.05, 0.1) is 6.10 Å². The molecule has 2 heteroatoms. The van der Waals surface area contributed by atoms with Crippen molar-refractivity contribution in [1.29, 1.82) is 0 Å². The second-order valence-electron chi connectivity index (χ2n) is 4.76. The summed E-state index contributed by atoms with van der Waals surface area (Å²) in [5, 5.41) is 10.3. The molecule has 0 unspecified atom stereocenters. The van der Waals surface area contributed by atoms with E-state index in [4.69, 9.17) is 4.74 Å². The third-order valence-electron chi connectivity index (χ3n) is 3.22. The molecule has 0 radical (unpaired) electrons. The molecule has 0 bridgehead atoms. The monoisotopic (exact) mass is 236 g/mol.